The molecule has 0 bridgehead atoms. The molecule has 0 fully saturated rings. The molecule has 128 valence electrons. The van der Waals surface area contributed by atoms with Crippen LogP contribution in [0.1, 0.15) is 12.5 Å². The summed E-state index contributed by atoms with van der Waals surface area (Å²) in [4.78, 5) is 17.2. The molecule has 1 heterocycles. The number of benzene rings is 2. The molecule has 0 unspecified atom stereocenters. The van der Waals surface area contributed by atoms with Gasteiger partial charge in [0, 0.05) is 17.5 Å². The summed E-state index contributed by atoms with van der Waals surface area (Å²) in [6, 6.07) is 13.1. The Kier molecular flexibility index (Phi) is 4.63. The van der Waals surface area contributed by atoms with E-state index in [1.807, 2.05) is 18.2 Å². The van der Waals surface area contributed by atoms with Gasteiger partial charge in [-0.15, -0.1) is 0 Å². The van der Waals surface area contributed by atoms with Gasteiger partial charge in [0.05, 0.1) is 12.1 Å². The van der Waals surface area contributed by atoms with Crippen LogP contribution in [0, 0.1) is 5.82 Å². The maximum absolute atomic E-state index is 13.7. The molecular formula is C19H17FN2O3. The summed E-state index contributed by atoms with van der Waals surface area (Å²) >= 11 is 0. The van der Waals surface area contributed by atoms with Crippen molar-refractivity contribution in [2.24, 2.45) is 0 Å². The second-order valence-electron chi connectivity index (χ2n) is 5.50. The van der Waals surface area contributed by atoms with Crippen molar-refractivity contribution in [3.05, 3.63) is 59.9 Å². The van der Waals surface area contributed by atoms with Crippen LogP contribution in [0.15, 0.2) is 48.5 Å². The van der Waals surface area contributed by atoms with Crippen LogP contribution in [0.25, 0.3) is 22.0 Å². The average molecular weight is 340 g/mol. The highest BCUT2D eigenvalue weighted by Gasteiger charge is 2.23. The molecule has 0 saturated heterocycles. The first kappa shape index (κ1) is 16.9. The average Bonchev–Trinajstić information content (AvgIpc) is 2.61. The predicted octanol–water partition coefficient (Wildman–Crippen LogP) is 4.04. The van der Waals surface area contributed by atoms with Gasteiger partial charge in [-0.25, -0.2) is 14.2 Å². The first-order valence-electron chi connectivity index (χ1n) is 7.85. The highest BCUT2D eigenvalue weighted by Crippen LogP contribution is 2.37. The number of fused-ring (bicyclic) bond motifs is 1. The highest BCUT2D eigenvalue weighted by atomic mass is 19.1. The molecule has 0 atom stereocenters. The molecule has 2 N–H and O–H groups in total. The summed E-state index contributed by atoms with van der Waals surface area (Å²) in [6.45, 7) is 1.54. The van der Waals surface area contributed by atoms with E-state index >= 15 is 0 Å². The summed E-state index contributed by atoms with van der Waals surface area (Å²) < 4.78 is 13.7. The maximum atomic E-state index is 13.7. The molecule has 0 aliphatic carbocycles. The van der Waals surface area contributed by atoms with Crippen LogP contribution >= 0.6 is 0 Å². The summed E-state index contributed by atoms with van der Waals surface area (Å²) in [5.74, 6) is -0.217. The Labute approximate surface area is 144 Å². The molecule has 2 aromatic carbocycles. The number of hydrogen-bond acceptors (Lipinski definition) is 3. The van der Waals surface area contributed by atoms with E-state index in [4.69, 9.17) is 0 Å². The van der Waals surface area contributed by atoms with Gasteiger partial charge < -0.3 is 10.2 Å². The Morgan fingerprint density at radius 1 is 1.20 bits per heavy atom. The fraction of sp³-hybridized carbons (Fsp3) is 0.158. The number of aromatic nitrogens is 1. The number of anilines is 1. The van der Waals surface area contributed by atoms with Crippen LogP contribution in [0.4, 0.5) is 15.0 Å². The van der Waals surface area contributed by atoms with Gasteiger partial charge >= 0.3 is 6.09 Å². The number of pyridine rings is 1. The molecule has 6 heteroatoms. The SMILES string of the molecule is CCN(C(=O)O)c1nc2ccc(F)cc2c(CO)c1-c1ccccc1. The molecule has 3 aromatic rings. The van der Waals surface area contributed by atoms with Crippen molar-refractivity contribution in [1.82, 2.24) is 4.98 Å². The molecule has 0 spiro atoms. The smallest absolute Gasteiger partial charge is 0.413 e. The van der Waals surface area contributed by atoms with E-state index in [2.05, 4.69) is 4.98 Å². The number of carbonyl (C=O) groups is 1. The van der Waals surface area contributed by atoms with Crippen LogP contribution < -0.4 is 4.90 Å². The van der Waals surface area contributed by atoms with E-state index in [0.717, 1.165) is 4.90 Å². The lowest BCUT2D eigenvalue weighted by Crippen LogP contribution is -2.30. The molecule has 0 aliphatic rings. The third-order valence-corrected chi connectivity index (χ3v) is 4.06. The zero-order valence-electron chi connectivity index (χ0n) is 13.6. The van der Waals surface area contributed by atoms with Crippen molar-refractivity contribution < 1.29 is 19.4 Å². The van der Waals surface area contributed by atoms with E-state index in [1.54, 1.807) is 19.1 Å². The van der Waals surface area contributed by atoms with Crippen LogP contribution in [-0.4, -0.2) is 27.8 Å². The third kappa shape index (κ3) is 3.04. The van der Waals surface area contributed by atoms with Gasteiger partial charge in [-0.3, -0.25) is 4.90 Å². The lowest BCUT2D eigenvalue weighted by atomic mass is 9.96. The van der Waals surface area contributed by atoms with Crippen LogP contribution in [0.2, 0.25) is 0 Å². The predicted molar refractivity (Wildman–Crippen MR) is 94.1 cm³/mol. The van der Waals surface area contributed by atoms with E-state index in [1.165, 1.54) is 18.2 Å². The summed E-state index contributed by atoms with van der Waals surface area (Å²) in [5, 5.41) is 20.0. The highest BCUT2D eigenvalue weighted by molar-refractivity contribution is 5.99. The largest absolute Gasteiger partial charge is 0.465 e. The third-order valence-electron chi connectivity index (χ3n) is 4.06. The van der Waals surface area contributed by atoms with Crippen LogP contribution in [-0.2, 0) is 6.61 Å². The summed E-state index contributed by atoms with van der Waals surface area (Å²) in [7, 11) is 0. The minimum atomic E-state index is -1.14. The standard InChI is InChI=1S/C19H17FN2O3/c1-2-22(19(24)25)18-17(12-6-4-3-5-7-12)15(11-23)14-10-13(20)8-9-16(14)21-18/h3-10,23H,2,11H2,1H3,(H,24,25). The monoisotopic (exact) mass is 340 g/mol. The second kappa shape index (κ2) is 6.86. The fourth-order valence-electron chi connectivity index (χ4n) is 2.93. The quantitative estimate of drug-likeness (QED) is 0.752. The molecular weight excluding hydrogens is 323 g/mol. The summed E-state index contributed by atoms with van der Waals surface area (Å²) in [6.07, 6.45) is -1.14. The van der Waals surface area contributed by atoms with Crippen LogP contribution in [0.5, 0.6) is 0 Å². The molecule has 3 rings (SSSR count). The Morgan fingerprint density at radius 2 is 1.92 bits per heavy atom. The molecule has 1 amide bonds. The number of halogens is 1. The minimum absolute atomic E-state index is 0.194. The number of nitrogens with zero attached hydrogens (tertiary/aromatic N) is 2. The van der Waals surface area contributed by atoms with Crippen molar-refractivity contribution >= 4 is 22.8 Å². The van der Waals surface area contributed by atoms with Gasteiger partial charge in [0.15, 0.2) is 0 Å². The van der Waals surface area contributed by atoms with E-state index in [9.17, 15) is 19.4 Å². The number of amides is 1. The van der Waals surface area contributed by atoms with Gasteiger partial charge in [-0.05, 0) is 36.2 Å². The Balaban J connectivity index is 2.44. The lowest BCUT2D eigenvalue weighted by Gasteiger charge is -2.23. The zero-order chi connectivity index (χ0) is 18.0. The van der Waals surface area contributed by atoms with Crippen molar-refractivity contribution in [2.75, 3.05) is 11.4 Å². The van der Waals surface area contributed by atoms with Crippen molar-refractivity contribution in [1.29, 1.82) is 0 Å². The van der Waals surface area contributed by atoms with Crippen molar-refractivity contribution in [2.45, 2.75) is 13.5 Å². The second-order valence-corrected chi connectivity index (χ2v) is 5.50. The number of aliphatic hydroxyl groups is 1. The Hall–Kier alpha value is -2.99. The molecule has 5 nitrogen and oxygen atoms in total. The van der Waals surface area contributed by atoms with Gasteiger partial charge in [0.2, 0.25) is 0 Å². The summed E-state index contributed by atoms with van der Waals surface area (Å²) in [5.41, 5.74) is 2.08. The topological polar surface area (TPSA) is 73.7 Å². The molecule has 25 heavy (non-hydrogen) atoms. The first-order valence-corrected chi connectivity index (χ1v) is 7.85. The first-order chi connectivity index (χ1) is 12.1. The van der Waals surface area contributed by atoms with Gasteiger partial charge in [0.1, 0.15) is 11.6 Å². The van der Waals surface area contributed by atoms with Crippen LogP contribution in [0.3, 0.4) is 0 Å². The Morgan fingerprint density at radius 3 is 2.52 bits per heavy atom. The number of rotatable bonds is 4. The Bertz CT molecular complexity index is 929. The van der Waals surface area contributed by atoms with Gasteiger partial charge in [-0.1, -0.05) is 30.3 Å². The molecule has 0 radical (unpaired) electrons. The normalized spacial score (nSPS) is 10.8. The molecule has 1 aromatic heterocycles. The fourth-order valence-corrected chi connectivity index (χ4v) is 2.93. The van der Waals surface area contributed by atoms with Crippen molar-refractivity contribution in [3.8, 4) is 11.1 Å². The molecule has 0 saturated carbocycles. The van der Waals surface area contributed by atoms with E-state index < -0.39 is 11.9 Å². The zero-order valence-corrected chi connectivity index (χ0v) is 13.6. The van der Waals surface area contributed by atoms with Gasteiger partial charge in [0.25, 0.3) is 0 Å². The minimum Gasteiger partial charge on any atom is -0.465 e. The number of aliphatic hydroxyl groups excluding tert-OH is 1. The molecule has 0 aliphatic heterocycles. The van der Waals surface area contributed by atoms with Crippen molar-refractivity contribution in [3.63, 3.8) is 0 Å². The number of carboxylic acid groups (broad SMARTS) is 1. The van der Waals surface area contributed by atoms with Gasteiger partial charge in [-0.2, -0.15) is 0 Å². The van der Waals surface area contributed by atoms with E-state index in [-0.39, 0.29) is 19.0 Å². The number of hydrogen-bond donors (Lipinski definition) is 2. The lowest BCUT2D eigenvalue weighted by molar-refractivity contribution is 0.202. The maximum Gasteiger partial charge on any atom is 0.413 e. The van der Waals surface area contributed by atoms with E-state index in [0.29, 0.717) is 27.6 Å².